The Hall–Kier alpha value is -1.88. The molecular weight excluding hydrogens is 243 g/mol. The first kappa shape index (κ1) is 12.6. The second-order valence-electron chi connectivity index (χ2n) is 3.81. The minimum absolute atomic E-state index is 0.0306. The van der Waals surface area contributed by atoms with Crippen molar-refractivity contribution >= 4 is 0 Å². The fourth-order valence-electron chi connectivity index (χ4n) is 1.63. The molecule has 5 heteroatoms. The van der Waals surface area contributed by atoms with Gasteiger partial charge in [-0.05, 0) is 18.2 Å². The van der Waals surface area contributed by atoms with Crippen molar-refractivity contribution in [3.8, 4) is 0 Å². The summed E-state index contributed by atoms with van der Waals surface area (Å²) >= 11 is 0. The number of aliphatic hydroxyl groups is 1. The van der Waals surface area contributed by atoms with Crippen molar-refractivity contribution in [2.45, 2.75) is 12.5 Å². The predicted molar refractivity (Wildman–Crippen MR) is 59.2 cm³/mol. The summed E-state index contributed by atoms with van der Waals surface area (Å²) in [6.45, 7) is 0. The van der Waals surface area contributed by atoms with Crippen molar-refractivity contribution in [1.29, 1.82) is 0 Å². The minimum Gasteiger partial charge on any atom is -0.388 e. The molecule has 1 unspecified atom stereocenters. The van der Waals surface area contributed by atoms with Gasteiger partial charge in [-0.3, -0.25) is 4.98 Å². The SMILES string of the molecule is OC(Cc1ccccn1)c1ccc(F)c(F)c1F. The molecule has 0 aliphatic carbocycles. The summed E-state index contributed by atoms with van der Waals surface area (Å²) in [6.07, 6.45) is 0.293. The van der Waals surface area contributed by atoms with Gasteiger partial charge in [0.2, 0.25) is 0 Å². The Balaban J connectivity index is 2.24. The number of hydrogen-bond donors (Lipinski definition) is 1. The Labute approximate surface area is 102 Å². The summed E-state index contributed by atoms with van der Waals surface area (Å²) in [5, 5.41) is 9.80. The molecule has 94 valence electrons. The lowest BCUT2D eigenvalue weighted by Gasteiger charge is -2.12. The summed E-state index contributed by atoms with van der Waals surface area (Å²) in [6, 6.07) is 6.89. The molecule has 2 rings (SSSR count). The zero-order valence-electron chi connectivity index (χ0n) is 9.28. The standard InChI is InChI=1S/C13H10F3NO/c14-10-5-4-9(12(15)13(10)16)11(18)7-8-3-1-2-6-17-8/h1-6,11,18H,7H2. The Bertz CT molecular complexity index is 545. The average molecular weight is 253 g/mol. The van der Waals surface area contributed by atoms with E-state index in [1.165, 1.54) is 6.20 Å². The molecule has 18 heavy (non-hydrogen) atoms. The number of hydrogen-bond acceptors (Lipinski definition) is 2. The highest BCUT2D eigenvalue weighted by Gasteiger charge is 2.19. The monoisotopic (exact) mass is 253 g/mol. The first-order chi connectivity index (χ1) is 8.59. The molecule has 1 atom stereocenters. The molecule has 0 amide bonds. The lowest BCUT2D eigenvalue weighted by atomic mass is 10.0. The molecule has 0 radical (unpaired) electrons. The first-order valence-corrected chi connectivity index (χ1v) is 5.31. The number of aromatic nitrogens is 1. The zero-order valence-corrected chi connectivity index (χ0v) is 9.28. The molecule has 0 aliphatic heterocycles. The summed E-state index contributed by atoms with van der Waals surface area (Å²) in [7, 11) is 0. The summed E-state index contributed by atoms with van der Waals surface area (Å²) < 4.78 is 39.2. The van der Waals surface area contributed by atoms with Crippen LogP contribution in [0.5, 0.6) is 0 Å². The highest BCUT2D eigenvalue weighted by molar-refractivity contribution is 5.23. The van der Waals surface area contributed by atoms with Gasteiger partial charge in [0.05, 0.1) is 6.10 Å². The molecule has 1 aromatic carbocycles. The van der Waals surface area contributed by atoms with Crippen LogP contribution in [-0.2, 0) is 6.42 Å². The van der Waals surface area contributed by atoms with Crippen LogP contribution >= 0.6 is 0 Å². The van der Waals surface area contributed by atoms with Gasteiger partial charge in [-0.1, -0.05) is 12.1 Å². The Morgan fingerprint density at radius 3 is 2.50 bits per heavy atom. The van der Waals surface area contributed by atoms with Gasteiger partial charge in [-0.2, -0.15) is 0 Å². The van der Waals surface area contributed by atoms with E-state index in [0.717, 1.165) is 12.1 Å². The number of pyridine rings is 1. The second-order valence-corrected chi connectivity index (χ2v) is 3.81. The molecular formula is C13H10F3NO. The lowest BCUT2D eigenvalue weighted by Crippen LogP contribution is -2.07. The lowest BCUT2D eigenvalue weighted by molar-refractivity contribution is 0.170. The van der Waals surface area contributed by atoms with Crippen LogP contribution in [-0.4, -0.2) is 10.1 Å². The first-order valence-electron chi connectivity index (χ1n) is 5.31. The molecule has 1 heterocycles. The van der Waals surface area contributed by atoms with Crippen molar-refractivity contribution in [3.63, 3.8) is 0 Å². The second kappa shape index (κ2) is 5.18. The summed E-state index contributed by atoms with van der Waals surface area (Å²) in [5.41, 5.74) is 0.258. The van der Waals surface area contributed by atoms with Crippen molar-refractivity contribution < 1.29 is 18.3 Å². The van der Waals surface area contributed by atoms with E-state index < -0.39 is 23.6 Å². The summed E-state index contributed by atoms with van der Waals surface area (Å²) in [4.78, 5) is 3.96. The van der Waals surface area contributed by atoms with Gasteiger partial charge in [0.1, 0.15) is 0 Å². The molecule has 1 aromatic heterocycles. The molecule has 2 aromatic rings. The zero-order chi connectivity index (χ0) is 13.1. The number of aliphatic hydroxyl groups excluding tert-OH is 1. The largest absolute Gasteiger partial charge is 0.388 e. The highest BCUT2D eigenvalue weighted by Crippen LogP contribution is 2.23. The van der Waals surface area contributed by atoms with Crippen molar-refractivity contribution in [2.75, 3.05) is 0 Å². The Morgan fingerprint density at radius 2 is 1.83 bits per heavy atom. The van der Waals surface area contributed by atoms with Crippen LogP contribution in [0.3, 0.4) is 0 Å². The van der Waals surface area contributed by atoms with E-state index in [1.54, 1.807) is 18.2 Å². The summed E-state index contributed by atoms with van der Waals surface area (Å²) in [5.74, 6) is -4.22. The fourth-order valence-corrected chi connectivity index (χ4v) is 1.63. The van der Waals surface area contributed by atoms with E-state index in [1.807, 2.05) is 0 Å². The number of halogens is 3. The van der Waals surface area contributed by atoms with Crippen LogP contribution < -0.4 is 0 Å². The molecule has 2 nitrogen and oxygen atoms in total. The van der Waals surface area contributed by atoms with Crippen LogP contribution in [0.1, 0.15) is 17.4 Å². The van der Waals surface area contributed by atoms with E-state index in [-0.39, 0.29) is 12.0 Å². The molecule has 0 saturated heterocycles. The Kier molecular flexibility index (Phi) is 3.62. The quantitative estimate of drug-likeness (QED) is 0.853. The van der Waals surface area contributed by atoms with Crippen LogP contribution in [0.15, 0.2) is 36.5 Å². The molecule has 0 bridgehead atoms. The van der Waals surface area contributed by atoms with Crippen molar-refractivity contribution in [3.05, 3.63) is 65.2 Å². The maximum absolute atomic E-state index is 13.4. The van der Waals surface area contributed by atoms with E-state index in [0.29, 0.717) is 5.69 Å². The average Bonchev–Trinajstić information content (AvgIpc) is 2.37. The molecule has 1 N–H and O–H groups in total. The van der Waals surface area contributed by atoms with E-state index in [2.05, 4.69) is 4.98 Å². The van der Waals surface area contributed by atoms with Crippen LogP contribution in [0.2, 0.25) is 0 Å². The predicted octanol–water partition coefficient (Wildman–Crippen LogP) is 2.78. The smallest absolute Gasteiger partial charge is 0.194 e. The van der Waals surface area contributed by atoms with Crippen molar-refractivity contribution in [1.82, 2.24) is 4.98 Å². The molecule has 0 fully saturated rings. The fraction of sp³-hybridized carbons (Fsp3) is 0.154. The van der Waals surface area contributed by atoms with E-state index in [4.69, 9.17) is 0 Å². The molecule has 0 spiro atoms. The van der Waals surface area contributed by atoms with Crippen molar-refractivity contribution in [2.24, 2.45) is 0 Å². The van der Waals surface area contributed by atoms with Gasteiger partial charge in [-0.25, -0.2) is 13.2 Å². The van der Waals surface area contributed by atoms with E-state index >= 15 is 0 Å². The van der Waals surface area contributed by atoms with Gasteiger partial charge < -0.3 is 5.11 Å². The van der Waals surface area contributed by atoms with Crippen LogP contribution in [0.4, 0.5) is 13.2 Å². The van der Waals surface area contributed by atoms with Gasteiger partial charge >= 0.3 is 0 Å². The molecule has 0 aliphatic rings. The van der Waals surface area contributed by atoms with Gasteiger partial charge in [0.15, 0.2) is 17.5 Å². The maximum atomic E-state index is 13.4. The van der Waals surface area contributed by atoms with E-state index in [9.17, 15) is 18.3 Å². The minimum atomic E-state index is -1.58. The number of benzene rings is 1. The number of nitrogens with zero attached hydrogens (tertiary/aromatic N) is 1. The topological polar surface area (TPSA) is 33.1 Å². The third-order valence-corrected chi connectivity index (χ3v) is 2.55. The maximum Gasteiger partial charge on any atom is 0.194 e. The van der Waals surface area contributed by atoms with Gasteiger partial charge in [0, 0.05) is 23.9 Å². The third-order valence-electron chi connectivity index (χ3n) is 2.55. The van der Waals surface area contributed by atoms with Crippen LogP contribution in [0.25, 0.3) is 0 Å². The Morgan fingerprint density at radius 1 is 1.06 bits per heavy atom. The normalized spacial score (nSPS) is 12.4. The van der Waals surface area contributed by atoms with Gasteiger partial charge in [-0.15, -0.1) is 0 Å². The van der Waals surface area contributed by atoms with Gasteiger partial charge in [0.25, 0.3) is 0 Å². The number of rotatable bonds is 3. The molecule has 0 saturated carbocycles. The third kappa shape index (κ3) is 2.51. The van der Waals surface area contributed by atoms with Crippen LogP contribution in [0, 0.1) is 17.5 Å². The highest BCUT2D eigenvalue weighted by atomic mass is 19.2.